The normalized spacial score (nSPS) is 11.9. The number of aliphatic carboxylic acids is 1. The fraction of sp³-hybridized carbons (Fsp3) is 0.200. The summed E-state index contributed by atoms with van der Waals surface area (Å²) in [5.74, 6) is -1.60. The van der Waals surface area contributed by atoms with E-state index >= 15 is 0 Å². The first-order valence-corrected chi connectivity index (χ1v) is 4.88. The van der Waals surface area contributed by atoms with Crippen molar-refractivity contribution in [3.05, 3.63) is 28.8 Å². The number of benzene rings is 1. The maximum atomic E-state index is 11.5. The molecule has 1 aromatic carbocycles. The summed E-state index contributed by atoms with van der Waals surface area (Å²) in [5.41, 5.74) is 6.07. The van der Waals surface area contributed by atoms with Crippen LogP contribution in [-0.2, 0) is 4.79 Å². The second-order valence-electron chi connectivity index (χ2n) is 3.27. The molecule has 1 rings (SSSR count). The highest BCUT2D eigenvalue weighted by atomic mass is 35.5. The van der Waals surface area contributed by atoms with E-state index in [0.29, 0.717) is 5.02 Å². The third-order valence-corrected chi connectivity index (χ3v) is 2.32. The van der Waals surface area contributed by atoms with Crippen molar-refractivity contribution in [1.82, 2.24) is 5.32 Å². The maximum absolute atomic E-state index is 11.5. The number of halogens is 1. The van der Waals surface area contributed by atoms with Crippen LogP contribution < -0.4 is 11.1 Å². The van der Waals surface area contributed by atoms with Crippen molar-refractivity contribution in [2.45, 2.75) is 13.0 Å². The van der Waals surface area contributed by atoms with Gasteiger partial charge in [0.05, 0.1) is 10.7 Å². The first kappa shape index (κ1) is 12.3. The van der Waals surface area contributed by atoms with Crippen LogP contribution in [0.15, 0.2) is 18.2 Å². The Morgan fingerprint density at radius 1 is 1.50 bits per heavy atom. The predicted octanol–water partition coefficient (Wildman–Crippen LogP) is 1.13. The van der Waals surface area contributed by atoms with Gasteiger partial charge in [-0.05, 0) is 25.1 Å². The number of nitrogens with one attached hydrogen (secondary N) is 1. The van der Waals surface area contributed by atoms with Crippen molar-refractivity contribution < 1.29 is 14.7 Å². The minimum Gasteiger partial charge on any atom is -0.480 e. The molecule has 6 heteroatoms. The Balaban J connectivity index is 2.81. The average molecular weight is 243 g/mol. The maximum Gasteiger partial charge on any atom is 0.325 e. The fourth-order valence-electron chi connectivity index (χ4n) is 1.03. The summed E-state index contributed by atoms with van der Waals surface area (Å²) in [4.78, 5) is 22.1. The molecule has 0 aliphatic heterocycles. The summed E-state index contributed by atoms with van der Waals surface area (Å²) >= 11 is 5.69. The van der Waals surface area contributed by atoms with Crippen LogP contribution >= 0.6 is 11.6 Å². The molecule has 1 atom stereocenters. The van der Waals surface area contributed by atoms with Crippen LogP contribution in [-0.4, -0.2) is 23.0 Å². The Morgan fingerprint density at radius 2 is 2.12 bits per heavy atom. The zero-order valence-electron chi connectivity index (χ0n) is 8.53. The number of nitrogens with two attached hydrogens (primary N) is 1. The van der Waals surface area contributed by atoms with Gasteiger partial charge >= 0.3 is 5.97 Å². The van der Waals surface area contributed by atoms with E-state index in [4.69, 9.17) is 22.4 Å². The van der Waals surface area contributed by atoms with Gasteiger partial charge in [-0.15, -0.1) is 0 Å². The quantitative estimate of drug-likeness (QED) is 0.693. The number of carbonyl (C=O) groups excluding carboxylic acids is 1. The molecule has 0 aliphatic carbocycles. The highest BCUT2D eigenvalue weighted by molar-refractivity contribution is 6.33. The lowest BCUT2D eigenvalue weighted by Crippen LogP contribution is -2.38. The second kappa shape index (κ2) is 4.85. The van der Waals surface area contributed by atoms with Gasteiger partial charge in [0.25, 0.3) is 5.91 Å². The lowest BCUT2D eigenvalue weighted by Gasteiger charge is -2.09. The van der Waals surface area contributed by atoms with E-state index in [-0.39, 0.29) is 11.3 Å². The molecular weight excluding hydrogens is 232 g/mol. The monoisotopic (exact) mass is 242 g/mol. The molecule has 86 valence electrons. The molecule has 1 amide bonds. The third kappa shape index (κ3) is 2.87. The molecule has 0 fully saturated rings. The number of nitrogen functional groups attached to an aromatic ring is 1. The standard InChI is InChI=1S/C10H11ClN2O3/c1-5(10(15)16)13-9(14)6-2-3-7(11)8(12)4-6/h2-5H,12H2,1H3,(H,13,14)(H,15,16). The van der Waals surface area contributed by atoms with E-state index in [1.165, 1.54) is 25.1 Å². The number of carboxylic acid groups (broad SMARTS) is 1. The Kier molecular flexibility index (Phi) is 3.73. The minimum absolute atomic E-state index is 0.273. The van der Waals surface area contributed by atoms with Crippen LogP contribution in [0.4, 0.5) is 5.69 Å². The van der Waals surface area contributed by atoms with Gasteiger partial charge in [-0.1, -0.05) is 11.6 Å². The Bertz CT molecular complexity index is 434. The van der Waals surface area contributed by atoms with Gasteiger partial charge in [0.15, 0.2) is 0 Å². The molecule has 0 saturated heterocycles. The molecule has 16 heavy (non-hydrogen) atoms. The zero-order chi connectivity index (χ0) is 12.3. The van der Waals surface area contributed by atoms with Crippen LogP contribution in [0.1, 0.15) is 17.3 Å². The summed E-state index contributed by atoms with van der Waals surface area (Å²) in [6.07, 6.45) is 0. The largest absolute Gasteiger partial charge is 0.480 e. The van der Waals surface area contributed by atoms with Crippen LogP contribution in [0, 0.1) is 0 Å². The molecule has 4 N–H and O–H groups in total. The molecule has 0 spiro atoms. The number of hydrogen-bond acceptors (Lipinski definition) is 3. The topological polar surface area (TPSA) is 92.4 Å². The van der Waals surface area contributed by atoms with Crippen LogP contribution in [0.5, 0.6) is 0 Å². The Hall–Kier alpha value is -1.75. The molecule has 1 aromatic rings. The van der Waals surface area contributed by atoms with Crippen LogP contribution in [0.3, 0.4) is 0 Å². The summed E-state index contributed by atoms with van der Waals surface area (Å²) < 4.78 is 0. The molecule has 0 saturated carbocycles. The predicted molar refractivity (Wildman–Crippen MR) is 60.4 cm³/mol. The van der Waals surface area contributed by atoms with Crippen molar-refractivity contribution in [3.8, 4) is 0 Å². The van der Waals surface area contributed by atoms with Gasteiger partial charge in [-0.2, -0.15) is 0 Å². The number of rotatable bonds is 3. The average Bonchev–Trinajstić information content (AvgIpc) is 2.21. The molecular formula is C10H11ClN2O3. The van der Waals surface area contributed by atoms with E-state index in [9.17, 15) is 9.59 Å². The molecule has 5 nitrogen and oxygen atoms in total. The first-order valence-electron chi connectivity index (χ1n) is 4.50. The lowest BCUT2D eigenvalue weighted by molar-refractivity contribution is -0.138. The summed E-state index contributed by atoms with van der Waals surface area (Å²) in [6.45, 7) is 1.37. The van der Waals surface area contributed by atoms with Gasteiger partial charge in [0.2, 0.25) is 0 Å². The van der Waals surface area contributed by atoms with Crippen LogP contribution in [0.25, 0.3) is 0 Å². The number of carboxylic acids is 1. The van der Waals surface area contributed by atoms with Gasteiger partial charge in [-0.25, -0.2) is 0 Å². The van der Waals surface area contributed by atoms with Crippen molar-refractivity contribution >= 4 is 29.2 Å². The Morgan fingerprint density at radius 3 is 2.62 bits per heavy atom. The van der Waals surface area contributed by atoms with Crippen molar-refractivity contribution in [2.24, 2.45) is 0 Å². The number of amides is 1. The van der Waals surface area contributed by atoms with Gasteiger partial charge in [0.1, 0.15) is 6.04 Å². The summed E-state index contributed by atoms with van der Waals surface area (Å²) in [6, 6.07) is 3.40. The zero-order valence-corrected chi connectivity index (χ0v) is 9.28. The Labute approximate surface area is 97.2 Å². The van der Waals surface area contributed by atoms with Gasteiger partial charge in [0, 0.05) is 5.56 Å². The van der Waals surface area contributed by atoms with Crippen LogP contribution in [0.2, 0.25) is 5.02 Å². The molecule has 0 aromatic heterocycles. The number of hydrogen-bond donors (Lipinski definition) is 3. The minimum atomic E-state index is -1.10. The first-order chi connectivity index (χ1) is 7.41. The van der Waals surface area contributed by atoms with E-state index in [1.54, 1.807) is 0 Å². The molecule has 1 unspecified atom stereocenters. The molecule has 0 heterocycles. The SMILES string of the molecule is CC(NC(=O)c1ccc(Cl)c(N)c1)C(=O)O. The second-order valence-corrected chi connectivity index (χ2v) is 3.68. The third-order valence-electron chi connectivity index (χ3n) is 1.98. The van der Waals surface area contributed by atoms with E-state index in [1.807, 2.05) is 0 Å². The fourth-order valence-corrected chi connectivity index (χ4v) is 1.14. The summed E-state index contributed by atoms with van der Waals surface area (Å²) in [7, 11) is 0. The van der Waals surface area contributed by atoms with E-state index < -0.39 is 17.9 Å². The highest BCUT2D eigenvalue weighted by Gasteiger charge is 2.15. The smallest absolute Gasteiger partial charge is 0.325 e. The highest BCUT2D eigenvalue weighted by Crippen LogP contribution is 2.19. The van der Waals surface area contributed by atoms with E-state index in [0.717, 1.165) is 0 Å². The van der Waals surface area contributed by atoms with Crippen molar-refractivity contribution in [2.75, 3.05) is 5.73 Å². The lowest BCUT2D eigenvalue weighted by atomic mass is 10.2. The van der Waals surface area contributed by atoms with Crippen molar-refractivity contribution in [1.29, 1.82) is 0 Å². The van der Waals surface area contributed by atoms with E-state index in [2.05, 4.69) is 5.32 Å². The number of anilines is 1. The van der Waals surface area contributed by atoms with Gasteiger partial charge < -0.3 is 16.2 Å². The molecule has 0 bridgehead atoms. The summed E-state index contributed by atoms with van der Waals surface area (Å²) in [5, 5.41) is 11.3. The van der Waals surface area contributed by atoms with Gasteiger partial charge in [-0.3, -0.25) is 9.59 Å². The molecule has 0 radical (unpaired) electrons. The number of carbonyl (C=O) groups is 2. The van der Waals surface area contributed by atoms with Crippen molar-refractivity contribution in [3.63, 3.8) is 0 Å². The molecule has 0 aliphatic rings.